The maximum atomic E-state index is 11.2. The van der Waals surface area contributed by atoms with E-state index in [4.69, 9.17) is 0 Å². The Bertz CT molecular complexity index is 178. The molecule has 0 unspecified atom stereocenters. The molecule has 11 heavy (non-hydrogen) atoms. The van der Waals surface area contributed by atoms with Crippen LogP contribution >= 0.6 is 0 Å². The monoisotopic (exact) mass is 153 g/mol. The third kappa shape index (κ3) is 1.15. The number of amides is 1. The minimum atomic E-state index is 0.391. The molecule has 2 heterocycles. The van der Waals surface area contributed by atoms with Crippen LogP contribution < -0.4 is 0 Å². The van der Waals surface area contributed by atoms with Crippen molar-refractivity contribution in [3.05, 3.63) is 0 Å². The van der Waals surface area contributed by atoms with Crippen molar-refractivity contribution in [1.29, 1.82) is 0 Å². The minimum Gasteiger partial charge on any atom is -0.340 e. The van der Waals surface area contributed by atoms with Crippen LogP contribution in [0.3, 0.4) is 0 Å². The molecule has 0 bridgehead atoms. The third-order valence-electron chi connectivity index (χ3n) is 2.99. The maximum absolute atomic E-state index is 11.2. The normalized spacial score (nSPS) is 37.5. The third-order valence-corrected chi connectivity index (χ3v) is 2.99. The van der Waals surface area contributed by atoms with Crippen molar-refractivity contribution in [1.82, 2.24) is 4.90 Å². The highest BCUT2D eigenvalue weighted by Gasteiger charge is 2.34. The molecule has 0 aromatic carbocycles. The number of rotatable bonds is 0. The molecule has 62 valence electrons. The lowest BCUT2D eigenvalue weighted by atomic mass is 9.93. The molecule has 2 nitrogen and oxygen atoms in total. The quantitative estimate of drug-likeness (QED) is 0.515. The van der Waals surface area contributed by atoms with Crippen molar-refractivity contribution in [2.45, 2.75) is 38.6 Å². The van der Waals surface area contributed by atoms with Crippen LogP contribution in [0.15, 0.2) is 0 Å². The smallest absolute Gasteiger partial charge is 0.222 e. The Labute approximate surface area is 67.6 Å². The molecule has 0 saturated carbocycles. The molecule has 0 spiro atoms. The molecule has 0 aromatic rings. The molecule has 0 aliphatic carbocycles. The van der Waals surface area contributed by atoms with Gasteiger partial charge in [-0.2, -0.15) is 0 Å². The van der Waals surface area contributed by atoms with Crippen LogP contribution in [0, 0.1) is 5.92 Å². The summed E-state index contributed by atoms with van der Waals surface area (Å²) in [7, 11) is 0. The topological polar surface area (TPSA) is 20.3 Å². The number of carbonyl (C=O) groups excluding carboxylic acids is 1. The number of piperidine rings is 1. The summed E-state index contributed by atoms with van der Waals surface area (Å²) in [4.78, 5) is 13.3. The number of nitrogens with zero attached hydrogens (tertiary/aromatic N) is 1. The zero-order valence-corrected chi connectivity index (χ0v) is 7.05. The Balaban J connectivity index is 2.06. The second kappa shape index (κ2) is 2.50. The van der Waals surface area contributed by atoms with Gasteiger partial charge in [-0.15, -0.1) is 0 Å². The molecule has 2 aliphatic rings. The lowest BCUT2D eigenvalue weighted by Gasteiger charge is -2.33. The first-order valence-corrected chi connectivity index (χ1v) is 4.57. The van der Waals surface area contributed by atoms with E-state index in [1.807, 2.05) is 0 Å². The van der Waals surface area contributed by atoms with Crippen LogP contribution in [-0.4, -0.2) is 23.4 Å². The molecule has 2 saturated heterocycles. The van der Waals surface area contributed by atoms with Crippen LogP contribution in [0.25, 0.3) is 0 Å². The van der Waals surface area contributed by atoms with E-state index in [2.05, 4.69) is 11.8 Å². The largest absolute Gasteiger partial charge is 0.340 e. The summed E-state index contributed by atoms with van der Waals surface area (Å²) in [5.74, 6) is 1.23. The summed E-state index contributed by atoms with van der Waals surface area (Å²) >= 11 is 0. The SMILES string of the molecule is C[C@H]1CCN2C(=O)CC[C@@H]2C1. The molecule has 2 heteroatoms. The molecular formula is C9H15NO. The van der Waals surface area contributed by atoms with Crippen LogP contribution in [-0.2, 0) is 4.79 Å². The lowest BCUT2D eigenvalue weighted by molar-refractivity contribution is -0.130. The van der Waals surface area contributed by atoms with Crippen LogP contribution in [0.1, 0.15) is 32.6 Å². The van der Waals surface area contributed by atoms with E-state index in [0.717, 1.165) is 25.3 Å². The van der Waals surface area contributed by atoms with E-state index in [0.29, 0.717) is 11.9 Å². The van der Waals surface area contributed by atoms with Gasteiger partial charge in [-0.3, -0.25) is 4.79 Å². The highest BCUT2D eigenvalue weighted by molar-refractivity contribution is 5.78. The van der Waals surface area contributed by atoms with Gasteiger partial charge in [0.15, 0.2) is 0 Å². The highest BCUT2D eigenvalue weighted by atomic mass is 16.2. The summed E-state index contributed by atoms with van der Waals surface area (Å²) in [6.45, 7) is 3.31. The van der Waals surface area contributed by atoms with Crippen LogP contribution in [0.4, 0.5) is 0 Å². The maximum Gasteiger partial charge on any atom is 0.222 e. The van der Waals surface area contributed by atoms with E-state index in [1.165, 1.54) is 12.8 Å². The molecule has 2 fully saturated rings. The fraction of sp³-hybridized carbons (Fsp3) is 0.889. The second-order valence-electron chi connectivity index (χ2n) is 3.91. The van der Waals surface area contributed by atoms with Gasteiger partial charge >= 0.3 is 0 Å². The minimum absolute atomic E-state index is 0.391. The van der Waals surface area contributed by atoms with Gasteiger partial charge < -0.3 is 4.90 Å². The molecule has 0 aromatic heterocycles. The van der Waals surface area contributed by atoms with Crippen molar-refractivity contribution in [3.63, 3.8) is 0 Å². The Hall–Kier alpha value is -0.530. The predicted molar refractivity (Wildman–Crippen MR) is 43.1 cm³/mol. The zero-order valence-electron chi connectivity index (χ0n) is 7.05. The van der Waals surface area contributed by atoms with E-state index >= 15 is 0 Å². The molecule has 0 radical (unpaired) electrons. The summed E-state index contributed by atoms with van der Waals surface area (Å²) < 4.78 is 0. The predicted octanol–water partition coefficient (Wildman–Crippen LogP) is 1.41. The van der Waals surface area contributed by atoms with Crippen molar-refractivity contribution in [2.24, 2.45) is 5.92 Å². The Morgan fingerprint density at radius 3 is 3.09 bits per heavy atom. The van der Waals surface area contributed by atoms with Crippen LogP contribution in [0.2, 0.25) is 0 Å². The number of fused-ring (bicyclic) bond motifs is 1. The molecule has 2 aliphatic heterocycles. The average molecular weight is 153 g/mol. The fourth-order valence-corrected chi connectivity index (χ4v) is 2.29. The molecule has 2 rings (SSSR count). The van der Waals surface area contributed by atoms with Crippen molar-refractivity contribution in [2.75, 3.05) is 6.54 Å². The second-order valence-corrected chi connectivity index (χ2v) is 3.91. The standard InChI is InChI=1S/C9H15NO/c1-7-4-5-10-8(6-7)2-3-9(10)11/h7-8H,2-6H2,1H3/t7-,8+/m0/s1. The van der Waals surface area contributed by atoms with Gasteiger partial charge in [0.05, 0.1) is 0 Å². The Morgan fingerprint density at radius 1 is 1.45 bits per heavy atom. The van der Waals surface area contributed by atoms with Gasteiger partial charge in [0, 0.05) is 19.0 Å². The molecular weight excluding hydrogens is 138 g/mol. The van der Waals surface area contributed by atoms with Crippen molar-refractivity contribution in [3.8, 4) is 0 Å². The van der Waals surface area contributed by atoms with Crippen molar-refractivity contribution >= 4 is 5.91 Å². The van der Waals surface area contributed by atoms with Gasteiger partial charge in [-0.05, 0) is 25.2 Å². The fourth-order valence-electron chi connectivity index (χ4n) is 2.29. The number of carbonyl (C=O) groups is 1. The number of hydrogen-bond acceptors (Lipinski definition) is 1. The van der Waals surface area contributed by atoms with Crippen molar-refractivity contribution < 1.29 is 4.79 Å². The lowest BCUT2D eigenvalue weighted by Crippen LogP contribution is -2.39. The van der Waals surface area contributed by atoms with Gasteiger partial charge in [-0.1, -0.05) is 6.92 Å². The first-order valence-electron chi connectivity index (χ1n) is 4.57. The van der Waals surface area contributed by atoms with E-state index in [-0.39, 0.29) is 0 Å². The summed E-state index contributed by atoms with van der Waals surface area (Å²) in [6.07, 6.45) is 4.37. The van der Waals surface area contributed by atoms with E-state index in [1.54, 1.807) is 0 Å². The van der Waals surface area contributed by atoms with E-state index < -0.39 is 0 Å². The molecule has 2 atom stereocenters. The van der Waals surface area contributed by atoms with Gasteiger partial charge in [0.25, 0.3) is 0 Å². The highest BCUT2D eigenvalue weighted by Crippen LogP contribution is 2.30. The Morgan fingerprint density at radius 2 is 2.27 bits per heavy atom. The molecule has 0 N–H and O–H groups in total. The summed E-state index contributed by atoms with van der Waals surface area (Å²) in [5.41, 5.74) is 0. The summed E-state index contributed by atoms with van der Waals surface area (Å²) in [6, 6.07) is 0.603. The first-order chi connectivity index (χ1) is 5.27. The Kier molecular flexibility index (Phi) is 1.63. The average Bonchev–Trinajstić information content (AvgIpc) is 2.32. The first kappa shape index (κ1) is 7.14. The number of hydrogen-bond donors (Lipinski definition) is 0. The van der Waals surface area contributed by atoms with Gasteiger partial charge in [0.2, 0.25) is 5.91 Å². The van der Waals surface area contributed by atoms with Gasteiger partial charge in [0.1, 0.15) is 0 Å². The van der Waals surface area contributed by atoms with Gasteiger partial charge in [-0.25, -0.2) is 0 Å². The molecule has 1 amide bonds. The summed E-state index contributed by atoms with van der Waals surface area (Å²) in [5, 5.41) is 0. The van der Waals surface area contributed by atoms with Crippen LogP contribution in [0.5, 0.6) is 0 Å². The zero-order chi connectivity index (χ0) is 7.84. The van der Waals surface area contributed by atoms with E-state index in [9.17, 15) is 4.79 Å².